The summed E-state index contributed by atoms with van der Waals surface area (Å²) in [7, 11) is 0. The molecule has 0 aromatic heterocycles. The van der Waals surface area contributed by atoms with Crippen LogP contribution in [0.3, 0.4) is 0 Å². The number of ether oxygens (including phenoxy) is 2. The van der Waals surface area contributed by atoms with Crippen molar-refractivity contribution in [2.75, 3.05) is 25.8 Å². The molecular formula is C11H14N2O2. The maximum atomic E-state index is 5.75. The van der Waals surface area contributed by atoms with E-state index in [9.17, 15) is 0 Å². The Morgan fingerprint density at radius 1 is 1.20 bits per heavy atom. The molecule has 15 heavy (non-hydrogen) atoms. The molecule has 2 atom stereocenters. The zero-order chi connectivity index (χ0) is 10.3. The molecular weight excluding hydrogens is 192 g/mol. The average molecular weight is 206 g/mol. The van der Waals surface area contributed by atoms with E-state index in [1.165, 1.54) is 5.56 Å². The second kappa shape index (κ2) is 3.48. The van der Waals surface area contributed by atoms with Crippen LogP contribution in [-0.2, 0) is 9.47 Å². The topological polar surface area (TPSA) is 47.7 Å². The molecule has 2 fully saturated rings. The van der Waals surface area contributed by atoms with Crippen molar-refractivity contribution in [1.29, 1.82) is 0 Å². The Morgan fingerprint density at radius 2 is 2.00 bits per heavy atom. The summed E-state index contributed by atoms with van der Waals surface area (Å²) in [4.78, 5) is 2.21. The highest BCUT2D eigenvalue weighted by molar-refractivity contribution is 5.40. The van der Waals surface area contributed by atoms with Gasteiger partial charge in [-0.1, -0.05) is 12.1 Å². The Hall–Kier alpha value is -1.10. The minimum absolute atomic E-state index is 0.132. The van der Waals surface area contributed by atoms with Crippen LogP contribution in [0.4, 0.5) is 5.69 Å². The molecule has 2 aliphatic heterocycles. The van der Waals surface area contributed by atoms with Crippen molar-refractivity contribution in [1.82, 2.24) is 4.90 Å². The van der Waals surface area contributed by atoms with E-state index in [0.717, 1.165) is 12.3 Å². The molecule has 0 bridgehead atoms. The van der Waals surface area contributed by atoms with Gasteiger partial charge in [-0.25, -0.2) is 4.90 Å². The summed E-state index contributed by atoms with van der Waals surface area (Å²) in [6.45, 7) is 2.12. The predicted molar refractivity (Wildman–Crippen MR) is 56.0 cm³/mol. The lowest BCUT2D eigenvalue weighted by atomic mass is 10.0. The SMILES string of the molecule is Nc1ccc([C@H]2OCN3COC[C@@H]23)cc1. The molecule has 0 saturated carbocycles. The highest BCUT2D eigenvalue weighted by Gasteiger charge is 2.39. The van der Waals surface area contributed by atoms with Gasteiger partial charge in [0.05, 0.1) is 12.6 Å². The fourth-order valence-corrected chi connectivity index (χ4v) is 2.19. The van der Waals surface area contributed by atoms with Crippen molar-refractivity contribution in [3.05, 3.63) is 29.8 Å². The maximum absolute atomic E-state index is 5.75. The van der Waals surface area contributed by atoms with Gasteiger partial charge in [0, 0.05) is 5.69 Å². The number of nitrogens with two attached hydrogens (primary N) is 1. The normalized spacial score (nSPS) is 30.7. The number of nitrogen functional groups attached to an aromatic ring is 1. The van der Waals surface area contributed by atoms with Crippen LogP contribution in [0.25, 0.3) is 0 Å². The minimum Gasteiger partial charge on any atom is -0.399 e. The highest BCUT2D eigenvalue weighted by atomic mass is 16.6. The molecule has 1 aromatic carbocycles. The third kappa shape index (κ3) is 1.51. The minimum atomic E-state index is 0.132. The highest BCUT2D eigenvalue weighted by Crippen LogP contribution is 2.34. The molecule has 0 radical (unpaired) electrons. The second-order valence-electron chi connectivity index (χ2n) is 4.04. The van der Waals surface area contributed by atoms with E-state index in [4.69, 9.17) is 15.2 Å². The zero-order valence-corrected chi connectivity index (χ0v) is 8.43. The van der Waals surface area contributed by atoms with Gasteiger partial charge in [0.25, 0.3) is 0 Å². The van der Waals surface area contributed by atoms with Gasteiger partial charge in [-0.05, 0) is 17.7 Å². The molecule has 0 spiro atoms. The maximum Gasteiger partial charge on any atom is 0.102 e. The molecule has 2 heterocycles. The van der Waals surface area contributed by atoms with Gasteiger partial charge >= 0.3 is 0 Å². The molecule has 0 unspecified atom stereocenters. The lowest BCUT2D eigenvalue weighted by molar-refractivity contribution is 0.0370. The molecule has 2 aliphatic rings. The Bertz CT molecular complexity index is 352. The quantitative estimate of drug-likeness (QED) is 0.695. The van der Waals surface area contributed by atoms with E-state index in [-0.39, 0.29) is 6.10 Å². The van der Waals surface area contributed by atoms with Gasteiger partial charge in [0.15, 0.2) is 0 Å². The van der Waals surface area contributed by atoms with E-state index >= 15 is 0 Å². The number of rotatable bonds is 1. The second-order valence-corrected chi connectivity index (χ2v) is 4.04. The van der Waals surface area contributed by atoms with Crippen molar-refractivity contribution in [2.24, 2.45) is 0 Å². The first-order chi connectivity index (χ1) is 7.34. The van der Waals surface area contributed by atoms with Gasteiger partial charge < -0.3 is 15.2 Å². The first kappa shape index (κ1) is 9.15. The van der Waals surface area contributed by atoms with E-state index < -0.39 is 0 Å². The van der Waals surface area contributed by atoms with Crippen LogP contribution < -0.4 is 5.73 Å². The summed E-state index contributed by atoms with van der Waals surface area (Å²) < 4.78 is 11.2. The van der Waals surface area contributed by atoms with Gasteiger partial charge in [-0.15, -0.1) is 0 Å². The first-order valence-electron chi connectivity index (χ1n) is 5.13. The molecule has 1 aromatic rings. The van der Waals surface area contributed by atoms with Crippen LogP contribution in [-0.4, -0.2) is 31.0 Å². The molecule has 0 amide bonds. The molecule has 3 rings (SSSR count). The van der Waals surface area contributed by atoms with Crippen LogP contribution in [0.2, 0.25) is 0 Å². The van der Waals surface area contributed by atoms with Crippen LogP contribution in [0.15, 0.2) is 24.3 Å². The molecule has 80 valence electrons. The van der Waals surface area contributed by atoms with Crippen molar-refractivity contribution < 1.29 is 9.47 Å². The van der Waals surface area contributed by atoms with Crippen molar-refractivity contribution in [3.8, 4) is 0 Å². The van der Waals surface area contributed by atoms with E-state index in [1.54, 1.807) is 0 Å². The number of fused-ring (bicyclic) bond motifs is 1. The zero-order valence-electron chi connectivity index (χ0n) is 8.43. The largest absolute Gasteiger partial charge is 0.399 e. The fraction of sp³-hybridized carbons (Fsp3) is 0.455. The Morgan fingerprint density at radius 3 is 2.80 bits per heavy atom. The number of nitrogens with zero attached hydrogens (tertiary/aromatic N) is 1. The standard InChI is InChI=1S/C11H14N2O2/c12-9-3-1-8(2-4-9)11-10-5-14-6-13(10)7-15-11/h1-4,10-11H,5-7,12H2/t10-,11+/m0/s1. The van der Waals surface area contributed by atoms with E-state index in [0.29, 0.717) is 19.5 Å². The van der Waals surface area contributed by atoms with Crippen LogP contribution >= 0.6 is 0 Å². The van der Waals surface area contributed by atoms with Crippen LogP contribution in [0, 0.1) is 0 Å². The summed E-state index contributed by atoms with van der Waals surface area (Å²) in [5.41, 5.74) is 7.63. The summed E-state index contributed by atoms with van der Waals surface area (Å²) >= 11 is 0. The van der Waals surface area contributed by atoms with Crippen LogP contribution in [0.5, 0.6) is 0 Å². The number of hydrogen-bond acceptors (Lipinski definition) is 4. The van der Waals surface area contributed by atoms with E-state index in [2.05, 4.69) is 4.90 Å². The van der Waals surface area contributed by atoms with Gasteiger partial charge in [-0.2, -0.15) is 0 Å². The number of anilines is 1. The summed E-state index contributed by atoms with van der Waals surface area (Å²) in [5.74, 6) is 0. The molecule has 0 aliphatic carbocycles. The fourth-order valence-electron chi connectivity index (χ4n) is 2.19. The van der Waals surface area contributed by atoms with Crippen LogP contribution in [0.1, 0.15) is 11.7 Å². The summed E-state index contributed by atoms with van der Waals surface area (Å²) in [5, 5.41) is 0. The summed E-state index contributed by atoms with van der Waals surface area (Å²) in [6.07, 6.45) is 0.132. The number of hydrogen-bond donors (Lipinski definition) is 1. The lowest BCUT2D eigenvalue weighted by Crippen LogP contribution is -2.27. The van der Waals surface area contributed by atoms with Gasteiger partial charge in [-0.3, -0.25) is 0 Å². The van der Waals surface area contributed by atoms with Gasteiger partial charge in [0.2, 0.25) is 0 Å². The third-order valence-corrected chi connectivity index (χ3v) is 3.05. The number of benzene rings is 1. The Kier molecular flexibility index (Phi) is 2.12. The van der Waals surface area contributed by atoms with Crippen molar-refractivity contribution in [3.63, 3.8) is 0 Å². The molecule has 2 saturated heterocycles. The molecule has 2 N–H and O–H groups in total. The smallest absolute Gasteiger partial charge is 0.102 e. The average Bonchev–Trinajstić information content (AvgIpc) is 2.80. The Balaban J connectivity index is 1.85. The van der Waals surface area contributed by atoms with Gasteiger partial charge in [0.1, 0.15) is 19.6 Å². The van der Waals surface area contributed by atoms with Crippen molar-refractivity contribution >= 4 is 5.69 Å². The predicted octanol–water partition coefficient (Wildman–Crippen LogP) is 0.956. The molecule has 4 nitrogen and oxygen atoms in total. The van der Waals surface area contributed by atoms with Crippen molar-refractivity contribution in [2.45, 2.75) is 12.1 Å². The third-order valence-electron chi connectivity index (χ3n) is 3.05. The first-order valence-corrected chi connectivity index (χ1v) is 5.13. The van der Waals surface area contributed by atoms with E-state index in [1.807, 2.05) is 24.3 Å². The monoisotopic (exact) mass is 206 g/mol. The summed E-state index contributed by atoms with van der Waals surface area (Å²) in [6, 6.07) is 8.26. The lowest BCUT2D eigenvalue weighted by Gasteiger charge is -2.16. The Labute approximate surface area is 88.6 Å². The molecule has 4 heteroatoms.